The van der Waals surface area contributed by atoms with Crippen LogP contribution in [0.3, 0.4) is 0 Å². The second-order valence-electron chi connectivity index (χ2n) is 5.01. The lowest BCUT2D eigenvalue weighted by atomic mass is 10.2. The van der Waals surface area contributed by atoms with Crippen LogP contribution < -0.4 is 10.1 Å². The lowest BCUT2D eigenvalue weighted by Crippen LogP contribution is -2.17. The van der Waals surface area contributed by atoms with E-state index in [4.69, 9.17) is 4.74 Å². The topological polar surface area (TPSA) is 21.3 Å². The molecule has 88 valence electrons. The summed E-state index contributed by atoms with van der Waals surface area (Å²) in [5, 5.41) is 3.55. The first kappa shape index (κ1) is 11.5. The van der Waals surface area contributed by atoms with Crippen molar-refractivity contribution in [3.05, 3.63) is 29.8 Å². The van der Waals surface area contributed by atoms with E-state index in [1.165, 1.54) is 12.0 Å². The van der Waals surface area contributed by atoms with E-state index < -0.39 is 0 Å². The first-order valence-electron chi connectivity index (χ1n) is 6.14. The van der Waals surface area contributed by atoms with E-state index >= 15 is 0 Å². The van der Waals surface area contributed by atoms with E-state index in [0.29, 0.717) is 0 Å². The van der Waals surface area contributed by atoms with Gasteiger partial charge in [0.2, 0.25) is 0 Å². The van der Waals surface area contributed by atoms with Crippen LogP contribution >= 0.6 is 0 Å². The summed E-state index contributed by atoms with van der Waals surface area (Å²) < 4.78 is 5.67. The molecule has 16 heavy (non-hydrogen) atoms. The highest BCUT2D eigenvalue weighted by Crippen LogP contribution is 2.29. The molecule has 2 nitrogen and oxygen atoms in total. The van der Waals surface area contributed by atoms with Gasteiger partial charge in [-0.15, -0.1) is 0 Å². The molecule has 0 radical (unpaired) electrons. The van der Waals surface area contributed by atoms with Gasteiger partial charge in [-0.1, -0.05) is 19.1 Å². The first-order valence-corrected chi connectivity index (χ1v) is 6.14. The van der Waals surface area contributed by atoms with Gasteiger partial charge in [0.05, 0.1) is 6.10 Å². The van der Waals surface area contributed by atoms with Crippen molar-refractivity contribution in [2.75, 3.05) is 0 Å². The molecule has 1 aliphatic rings. The molecule has 0 amide bonds. The van der Waals surface area contributed by atoms with Crippen molar-refractivity contribution in [1.82, 2.24) is 5.32 Å². The zero-order chi connectivity index (χ0) is 11.5. The average Bonchev–Trinajstić information content (AvgIpc) is 2.91. The summed E-state index contributed by atoms with van der Waals surface area (Å²) in [5.74, 6) is 1.83. The van der Waals surface area contributed by atoms with Crippen molar-refractivity contribution in [2.24, 2.45) is 5.92 Å². The molecular formula is C14H21NO. The van der Waals surface area contributed by atoms with Crippen molar-refractivity contribution in [2.45, 2.75) is 45.9 Å². The maximum absolute atomic E-state index is 5.67. The Bertz CT molecular complexity index is 348. The molecule has 1 aliphatic carbocycles. The summed E-state index contributed by atoms with van der Waals surface area (Å²) in [4.78, 5) is 0. The van der Waals surface area contributed by atoms with Gasteiger partial charge >= 0.3 is 0 Å². The minimum Gasteiger partial charge on any atom is -0.491 e. The maximum atomic E-state index is 5.67. The van der Waals surface area contributed by atoms with Crippen molar-refractivity contribution in [3.8, 4) is 5.75 Å². The van der Waals surface area contributed by atoms with Crippen LogP contribution in [0.2, 0.25) is 0 Å². The van der Waals surface area contributed by atoms with Gasteiger partial charge in [0.1, 0.15) is 5.75 Å². The number of nitrogens with one attached hydrogen (secondary N) is 1. The molecule has 0 spiro atoms. The van der Waals surface area contributed by atoms with Crippen molar-refractivity contribution in [1.29, 1.82) is 0 Å². The summed E-state index contributed by atoms with van der Waals surface area (Å²) in [6.07, 6.45) is 1.56. The first-order chi connectivity index (χ1) is 7.65. The fourth-order valence-corrected chi connectivity index (χ4v) is 1.86. The molecule has 2 atom stereocenters. The summed E-state index contributed by atoms with van der Waals surface area (Å²) in [6.45, 7) is 7.34. The van der Waals surface area contributed by atoms with Gasteiger partial charge in [-0.3, -0.25) is 0 Å². The normalized spacial score (nSPS) is 23.5. The second-order valence-corrected chi connectivity index (χ2v) is 5.01. The Morgan fingerprint density at radius 2 is 2.19 bits per heavy atom. The minimum absolute atomic E-state index is 0.242. The molecule has 2 rings (SSSR count). The molecule has 2 unspecified atom stereocenters. The van der Waals surface area contributed by atoms with Crippen LogP contribution in [0.4, 0.5) is 0 Å². The van der Waals surface area contributed by atoms with Crippen LogP contribution in [0.5, 0.6) is 5.75 Å². The third-order valence-electron chi connectivity index (χ3n) is 2.95. The smallest absolute Gasteiger partial charge is 0.120 e. The molecular weight excluding hydrogens is 198 g/mol. The number of hydrogen-bond donors (Lipinski definition) is 1. The number of ether oxygens (including phenoxy) is 1. The van der Waals surface area contributed by atoms with Crippen molar-refractivity contribution >= 4 is 0 Å². The number of rotatable bonds is 5. The van der Waals surface area contributed by atoms with Gasteiger partial charge in [0, 0.05) is 12.6 Å². The Balaban J connectivity index is 1.88. The molecule has 2 heteroatoms. The zero-order valence-electron chi connectivity index (χ0n) is 10.4. The number of benzene rings is 1. The molecule has 1 N–H and O–H groups in total. The highest BCUT2D eigenvalue weighted by Gasteiger charge is 2.31. The lowest BCUT2D eigenvalue weighted by Gasteiger charge is -2.11. The Hall–Kier alpha value is -1.02. The Labute approximate surface area is 98.0 Å². The van der Waals surface area contributed by atoms with E-state index in [2.05, 4.69) is 44.3 Å². The van der Waals surface area contributed by atoms with E-state index in [9.17, 15) is 0 Å². The minimum atomic E-state index is 0.242. The molecule has 0 heterocycles. The summed E-state index contributed by atoms with van der Waals surface area (Å²) >= 11 is 0. The van der Waals surface area contributed by atoms with Gasteiger partial charge in [-0.2, -0.15) is 0 Å². The van der Waals surface area contributed by atoms with Crippen molar-refractivity contribution in [3.63, 3.8) is 0 Å². The Morgan fingerprint density at radius 3 is 2.81 bits per heavy atom. The van der Waals surface area contributed by atoms with Crippen molar-refractivity contribution < 1.29 is 4.74 Å². The van der Waals surface area contributed by atoms with Crippen LogP contribution in [0, 0.1) is 5.92 Å². The maximum Gasteiger partial charge on any atom is 0.120 e. The predicted octanol–water partition coefficient (Wildman–Crippen LogP) is 2.97. The lowest BCUT2D eigenvalue weighted by molar-refractivity contribution is 0.242. The quantitative estimate of drug-likeness (QED) is 0.822. The molecule has 0 saturated heterocycles. The average molecular weight is 219 g/mol. The highest BCUT2D eigenvalue weighted by molar-refractivity contribution is 5.28. The van der Waals surface area contributed by atoms with E-state index in [-0.39, 0.29) is 6.10 Å². The predicted molar refractivity (Wildman–Crippen MR) is 66.6 cm³/mol. The molecule has 1 aromatic rings. The zero-order valence-corrected chi connectivity index (χ0v) is 10.4. The third-order valence-corrected chi connectivity index (χ3v) is 2.95. The summed E-state index contributed by atoms with van der Waals surface area (Å²) in [7, 11) is 0. The van der Waals surface area contributed by atoms with Gasteiger partial charge in [0.15, 0.2) is 0 Å². The molecule has 1 saturated carbocycles. The van der Waals surface area contributed by atoms with E-state index in [1.54, 1.807) is 0 Å². The summed E-state index contributed by atoms with van der Waals surface area (Å²) in [6, 6.07) is 9.08. The van der Waals surface area contributed by atoms with Gasteiger partial charge in [-0.05, 0) is 43.9 Å². The fourth-order valence-electron chi connectivity index (χ4n) is 1.86. The van der Waals surface area contributed by atoms with Gasteiger partial charge in [-0.25, -0.2) is 0 Å². The van der Waals surface area contributed by atoms with Gasteiger partial charge in [0.25, 0.3) is 0 Å². The van der Waals surface area contributed by atoms with Crippen LogP contribution in [-0.2, 0) is 6.54 Å². The van der Waals surface area contributed by atoms with Crippen LogP contribution in [0.1, 0.15) is 32.8 Å². The third kappa shape index (κ3) is 3.24. The molecule has 0 aromatic heterocycles. The summed E-state index contributed by atoms with van der Waals surface area (Å²) in [5.41, 5.74) is 1.30. The second kappa shape index (κ2) is 4.88. The van der Waals surface area contributed by atoms with Crippen LogP contribution in [-0.4, -0.2) is 12.1 Å². The molecule has 0 aliphatic heterocycles. The largest absolute Gasteiger partial charge is 0.491 e. The van der Waals surface area contributed by atoms with E-state index in [1.807, 2.05) is 6.07 Å². The standard InChI is InChI=1S/C14H21NO/c1-10(2)16-13-6-4-5-12(8-13)9-15-14-7-11(14)3/h4-6,8,10-11,14-15H,7,9H2,1-3H3. The van der Waals surface area contributed by atoms with Crippen LogP contribution in [0.25, 0.3) is 0 Å². The fraction of sp³-hybridized carbons (Fsp3) is 0.571. The van der Waals surface area contributed by atoms with E-state index in [0.717, 1.165) is 24.3 Å². The molecule has 1 fully saturated rings. The van der Waals surface area contributed by atoms with Crippen LogP contribution in [0.15, 0.2) is 24.3 Å². The molecule has 1 aromatic carbocycles. The molecule has 0 bridgehead atoms. The SMILES string of the molecule is CC(C)Oc1cccc(CNC2CC2C)c1. The number of hydrogen-bond acceptors (Lipinski definition) is 2. The monoisotopic (exact) mass is 219 g/mol. The highest BCUT2D eigenvalue weighted by atomic mass is 16.5. The van der Waals surface area contributed by atoms with Gasteiger partial charge < -0.3 is 10.1 Å². The Morgan fingerprint density at radius 1 is 1.44 bits per heavy atom. The Kier molecular flexibility index (Phi) is 3.49.